The van der Waals surface area contributed by atoms with E-state index in [4.69, 9.17) is 10.5 Å². The van der Waals surface area contributed by atoms with Crippen LogP contribution in [0.5, 0.6) is 0 Å². The second-order valence-electron chi connectivity index (χ2n) is 11.8. The average molecular weight is 617 g/mol. The number of hydrogen-bond donors (Lipinski definition) is 2. The predicted molar refractivity (Wildman–Crippen MR) is 163 cm³/mol. The summed E-state index contributed by atoms with van der Waals surface area (Å²) < 4.78 is 33.7. The Morgan fingerprint density at radius 3 is 2.36 bits per heavy atom. The van der Waals surface area contributed by atoms with Crippen molar-refractivity contribution in [3.8, 4) is 0 Å². The minimum atomic E-state index is -4.35. The molecule has 0 aliphatic rings. The molecule has 1 unspecified atom stereocenters. The second-order valence-corrected chi connectivity index (χ2v) is 15.2. The number of amides is 1. The maximum absolute atomic E-state index is 14.2. The topological polar surface area (TPSA) is 153 Å². The van der Waals surface area contributed by atoms with Gasteiger partial charge in [-0.2, -0.15) is 0 Å². The Bertz CT molecular complexity index is 1500. The third-order valence-corrected chi connectivity index (χ3v) is 10.2. The molecule has 0 saturated carbocycles. The molecule has 3 aromatic rings. The molecule has 12 heteroatoms. The maximum atomic E-state index is 14.2. The number of rotatable bonds is 12. The van der Waals surface area contributed by atoms with Crippen LogP contribution in [0, 0.1) is 0 Å². The molecule has 0 saturated heterocycles. The molecule has 3 rings (SSSR count). The number of unbranched alkanes of at least 4 members (excludes halogenated alkanes) is 1. The number of aromatic nitrogens is 2. The van der Waals surface area contributed by atoms with Crippen LogP contribution in [-0.2, 0) is 36.1 Å². The summed E-state index contributed by atoms with van der Waals surface area (Å²) in [4.78, 5) is 33.8. The number of nitrogens with zero attached hydrogens (tertiary/aromatic N) is 3. The van der Waals surface area contributed by atoms with Crippen molar-refractivity contribution in [3.63, 3.8) is 0 Å². The number of carbonyl (C=O) groups excluding carboxylic acids is 1. The zero-order chi connectivity index (χ0) is 31.3. The van der Waals surface area contributed by atoms with Gasteiger partial charge in [0.25, 0.3) is 0 Å². The molecule has 3 aromatic heterocycles. The number of carboxylic acids is 1. The van der Waals surface area contributed by atoms with E-state index in [-0.39, 0.29) is 28.4 Å². The number of carbonyl (C=O) groups is 2. The van der Waals surface area contributed by atoms with Gasteiger partial charge in [-0.3, -0.25) is 9.69 Å². The molecule has 42 heavy (non-hydrogen) atoms. The van der Waals surface area contributed by atoms with Gasteiger partial charge in [0.1, 0.15) is 18.0 Å². The van der Waals surface area contributed by atoms with Crippen LogP contribution in [0.15, 0.2) is 59.8 Å². The van der Waals surface area contributed by atoms with E-state index in [0.29, 0.717) is 0 Å². The van der Waals surface area contributed by atoms with Gasteiger partial charge >= 0.3 is 12.1 Å². The molecule has 10 nitrogen and oxygen atoms in total. The highest BCUT2D eigenvalue weighted by atomic mass is 32.2. The van der Waals surface area contributed by atoms with Crippen LogP contribution in [0.2, 0.25) is 0 Å². The molecule has 0 radical (unpaired) electrons. The van der Waals surface area contributed by atoms with Crippen LogP contribution < -0.4 is 10.6 Å². The van der Waals surface area contributed by atoms with Crippen LogP contribution in [0.25, 0.3) is 0 Å². The minimum Gasteiger partial charge on any atom is -0.480 e. The second kappa shape index (κ2) is 12.9. The van der Waals surface area contributed by atoms with Gasteiger partial charge in [-0.15, -0.1) is 11.3 Å². The lowest BCUT2D eigenvalue weighted by Crippen LogP contribution is -2.48. The Labute approximate surface area is 251 Å². The molecular weight excluding hydrogens is 576 g/mol. The molecular formula is C30H40N4O6S2. The highest BCUT2D eigenvalue weighted by molar-refractivity contribution is 7.92. The smallest absolute Gasteiger partial charge is 0.416 e. The lowest BCUT2D eigenvalue weighted by molar-refractivity contribution is -0.135. The summed E-state index contributed by atoms with van der Waals surface area (Å²) in [7, 11) is -4.35. The number of thiophene rings is 1. The number of pyridine rings is 2. The Hall–Kier alpha value is -3.35. The van der Waals surface area contributed by atoms with Gasteiger partial charge in [0.2, 0.25) is 9.84 Å². The fourth-order valence-corrected chi connectivity index (χ4v) is 7.24. The van der Waals surface area contributed by atoms with E-state index in [1.807, 2.05) is 12.1 Å². The number of ether oxygens (including phenoxy) is 1. The van der Waals surface area contributed by atoms with Crippen molar-refractivity contribution in [2.24, 2.45) is 5.73 Å². The number of hydrogen-bond acceptors (Lipinski definition) is 9. The highest BCUT2D eigenvalue weighted by Crippen LogP contribution is 2.39. The first-order valence-electron chi connectivity index (χ1n) is 13.7. The van der Waals surface area contributed by atoms with E-state index >= 15 is 0 Å². The summed E-state index contributed by atoms with van der Waals surface area (Å²) >= 11 is 1.50. The number of anilines is 1. The monoisotopic (exact) mass is 616 g/mol. The fourth-order valence-electron chi connectivity index (χ4n) is 4.35. The van der Waals surface area contributed by atoms with Crippen LogP contribution in [0.4, 0.5) is 10.6 Å². The van der Waals surface area contributed by atoms with E-state index in [1.54, 1.807) is 32.9 Å². The Kier molecular flexibility index (Phi) is 10.2. The predicted octanol–water partition coefficient (Wildman–Crippen LogP) is 5.66. The zero-order valence-corrected chi connectivity index (χ0v) is 26.6. The van der Waals surface area contributed by atoms with Crippen molar-refractivity contribution in [3.05, 3.63) is 70.2 Å². The van der Waals surface area contributed by atoms with Gasteiger partial charge in [-0.25, -0.2) is 23.2 Å². The number of nitrogens with two attached hydrogens (primary N) is 1. The third-order valence-electron chi connectivity index (χ3n) is 6.67. The van der Waals surface area contributed by atoms with Crippen molar-refractivity contribution in [2.75, 3.05) is 11.4 Å². The standard InChI is InChI=1S/C30H40N4O6S2/c1-7-8-17-29(5,6)23-16-15-21(41-23)19-30(31,42(38,39)25-14-9-10-18-32-25)22-12-11-13-24(33-22)34(20-26(35)36)27(37)40-28(2,3)4/h9-16,18H,7-8,17,19-20,31H2,1-6H3,(H,35,36). The molecule has 0 aliphatic heterocycles. The summed E-state index contributed by atoms with van der Waals surface area (Å²) in [6.45, 7) is 10.7. The van der Waals surface area contributed by atoms with Crippen LogP contribution in [0.1, 0.15) is 76.3 Å². The lowest BCUT2D eigenvalue weighted by atomic mass is 9.86. The molecule has 0 aromatic carbocycles. The summed E-state index contributed by atoms with van der Waals surface area (Å²) in [6.07, 6.45) is 3.42. The highest BCUT2D eigenvalue weighted by Gasteiger charge is 2.46. The number of sulfone groups is 1. The van der Waals surface area contributed by atoms with Gasteiger partial charge < -0.3 is 15.6 Å². The summed E-state index contributed by atoms with van der Waals surface area (Å²) in [5, 5.41) is 9.28. The van der Waals surface area contributed by atoms with Gasteiger partial charge in [-0.1, -0.05) is 45.7 Å². The molecule has 0 fully saturated rings. The number of carboxylic acid groups (broad SMARTS) is 1. The quantitative estimate of drug-likeness (QED) is 0.262. The van der Waals surface area contributed by atoms with Crippen LogP contribution >= 0.6 is 11.3 Å². The molecule has 1 amide bonds. The Balaban J connectivity index is 2.15. The van der Waals surface area contributed by atoms with Crippen molar-refractivity contribution >= 4 is 39.1 Å². The third kappa shape index (κ3) is 7.73. The molecule has 0 aliphatic carbocycles. The van der Waals surface area contributed by atoms with Gasteiger partial charge in [0, 0.05) is 22.4 Å². The normalized spacial score (nSPS) is 13.8. The van der Waals surface area contributed by atoms with Crippen LogP contribution in [-0.4, -0.2) is 47.7 Å². The van der Waals surface area contributed by atoms with Gasteiger partial charge in [-0.05, 0) is 69.0 Å². The van der Waals surface area contributed by atoms with Gasteiger partial charge in [0.15, 0.2) is 9.90 Å². The first-order chi connectivity index (χ1) is 19.5. The number of aliphatic carboxylic acids is 1. The SMILES string of the molecule is CCCCC(C)(C)c1ccc(CC(N)(c2cccc(N(CC(=O)O)C(=O)OC(C)(C)C)n2)S(=O)(=O)c2ccccn2)s1. The molecule has 228 valence electrons. The first-order valence-corrected chi connectivity index (χ1v) is 16.0. The van der Waals surface area contributed by atoms with E-state index in [2.05, 4.69) is 30.7 Å². The molecule has 3 N–H and O–H groups in total. The molecule has 3 heterocycles. The van der Waals surface area contributed by atoms with Crippen LogP contribution in [0.3, 0.4) is 0 Å². The lowest BCUT2D eigenvalue weighted by Gasteiger charge is -2.30. The summed E-state index contributed by atoms with van der Waals surface area (Å²) in [6, 6.07) is 12.8. The van der Waals surface area contributed by atoms with Gasteiger partial charge in [0.05, 0.1) is 5.69 Å². The summed E-state index contributed by atoms with van der Waals surface area (Å²) in [5.74, 6) is -1.41. The largest absolute Gasteiger partial charge is 0.480 e. The molecule has 0 spiro atoms. The maximum Gasteiger partial charge on any atom is 0.416 e. The molecule has 0 bridgehead atoms. The Morgan fingerprint density at radius 1 is 1.05 bits per heavy atom. The zero-order valence-electron chi connectivity index (χ0n) is 25.0. The van der Waals surface area contributed by atoms with E-state index in [9.17, 15) is 23.1 Å². The van der Waals surface area contributed by atoms with Crippen molar-refractivity contribution in [1.82, 2.24) is 9.97 Å². The average Bonchev–Trinajstić information content (AvgIpc) is 3.39. The minimum absolute atomic E-state index is 0.0650. The van der Waals surface area contributed by atoms with Crippen molar-refractivity contribution in [2.45, 2.75) is 88.1 Å². The van der Waals surface area contributed by atoms with E-state index in [0.717, 1.165) is 33.9 Å². The van der Waals surface area contributed by atoms with Crippen molar-refractivity contribution < 1.29 is 27.9 Å². The van der Waals surface area contributed by atoms with Crippen molar-refractivity contribution in [1.29, 1.82) is 0 Å². The Morgan fingerprint density at radius 2 is 1.76 bits per heavy atom. The first kappa shape index (κ1) is 33.2. The summed E-state index contributed by atoms with van der Waals surface area (Å²) in [5.41, 5.74) is 5.80. The fraction of sp³-hybridized carbons (Fsp3) is 0.467. The van der Waals surface area contributed by atoms with E-state index < -0.39 is 38.9 Å². The molecule has 1 atom stereocenters. The van der Waals surface area contributed by atoms with E-state index in [1.165, 1.54) is 41.8 Å².